The lowest BCUT2D eigenvalue weighted by molar-refractivity contribution is -0.137. The van der Waals surface area contributed by atoms with Crippen LogP contribution in [0.4, 0.5) is 0 Å². The number of hydrogen-bond acceptors (Lipinski definition) is 8. The molecule has 0 spiro atoms. The Bertz CT molecular complexity index is 1360. The summed E-state index contributed by atoms with van der Waals surface area (Å²) in [6.07, 6.45) is 0. The van der Waals surface area contributed by atoms with Gasteiger partial charge >= 0.3 is 5.97 Å². The lowest BCUT2D eigenvalue weighted by Crippen LogP contribution is -2.50. The van der Waals surface area contributed by atoms with Gasteiger partial charge in [0.1, 0.15) is 28.8 Å². The van der Waals surface area contributed by atoms with E-state index < -0.39 is 23.1 Å². The molecular weight excluding hydrogens is 476 g/mol. The number of methoxy groups -OCH3 is 5. The summed E-state index contributed by atoms with van der Waals surface area (Å²) in [7, 11) is 7.31. The first kappa shape index (κ1) is 24.5. The molecule has 5 rings (SSSR count). The summed E-state index contributed by atoms with van der Waals surface area (Å²) in [5, 5.41) is 12.9. The number of carbonyl (C=O) groups excluding carboxylic acids is 1. The van der Waals surface area contributed by atoms with E-state index in [1.165, 1.54) is 28.4 Å². The summed E-state index contributed by atoms with van der Waals surface area (Å²) in [6, 6.07) is 19.9. The van der Waals surface area contributed by atoms with Crippen molar-refractivity contribution < 1.29 is 38.3 Å². The quantitative estimate of drug-likeness (QED) is 0.482. The van der Waals surface area contributed by atoms with Crippen molar-refractivity contribution in [2.75, 3.05) is 35.5 Å². The van der Waals surface area contributed by atoms with E-state index in [4.69, 9.17) is 28.4 Å². The molecule has 0 saturated carbocycles. The van der Waals surface area contributed by atoms with Gasteiger partial charge < -0.3 is 33.5 Å². The Balaban J connectivity index is 1.93. The second-order valence-corrected chi connectivity index (χ2v) is 8.76. The third-order valence-electron chi connectivity index (χ3n) is 7.20. The van der Waals surface area contributed by atoms with E-state index in [1.54, 1.807) is 31.4 Å². The average Bonchev–Trinajstić information content (AvgIpc) is 3.34. The van der Waals surface area contributed by atoms with Crippen LogP contribution in [-0.2, 0) is 25.5 Å². The standard InChI is InChI=1S/C29H28O8/c1-32-19-13-11-18(12-14-19)29-24(17-9-7-6-8-10-17)23(27(30)36-5)26(35-4)28(29,31)25-21(34-3)15-20(33-2)16-22(25)37-29/h6-16,24,31H,1-5H3/t24-,28+,29+/m1/s1. The van der Waals surface area contributed by atoms with Crippen molar-refractivity contribution in [3.05, 3.63) is 94.8 Å². The molecule has 1 aliphatic carbocycles. The van der Waals surface area contributed by atoms with Gasteiger partial charge in [0, 0.05) is 17.7 Å². The summed E-state index contributed by atoms with van der Waals surface area (Å²) >= 11 is 0. The van der Waals surface area contributed by atoms with Crippen LogP contribution in [0, 0.1) is 0 Å². The van der Waals surface area contributed by atoms with Crippen molar-refractivity contribution in [3.8, 4) is 23.0 Å². The molecule has 1 N–H and O–H groups in total. The van der Waals surface area contributed by atoms with E-state index in [2.05, 4.69) is 0 Å². The largest absolute Gasteiger partial charge is 0.497 e. The Hall–Kier alpha value is -4.17. The maximum Gasteiger partial charge on any atom is 0.338 e. The number of esters is 1. The van der Waals surface area contributed by atoms with Gasteiger partial charge in [-0.05, 0) is 17.7 Å². The number of benzene rings is 3. The molecule has 8 heteroatoms. The lowest BCUT2D eigenvalue weighted by Gasteiger charge is -2.41. The van der Waals surface area contributed by atoms with Crippen LogP contribution in [0.2, 0.25) is 0 Å². The van der Waals surface area contributed by atoms with Gasteiger partial charge in [-0.3, -0.25) is 0 Å². The fourth-order valence-electron chi connectivity index (χ4n) is 5.69. The Morgan fingerprint density at radius 3 is 2.08 bits per heavy atom. The monoisotopic (exact) mass is 504 g/mol. The molecule has 1 heterocycles. The second kappa shape index (κ2) is 9.05. The molecular formula is C29H28O8. The molecule has 2 aliphatic rings. The van der Waals surface area contributed by atoms with Gasteiger partial charge in [0.05, 0.1) is 52.6 Å². The number of rotatable bonds is 7. The Morgan fingerprint density at radius 2 is 1.51 bits per heavy atom. The van der Waals surface area contributed by atoms with Gasteiger partial charge in [-0.2, -0.15) is 0 Å². The molecule has 3 aromatic carbocycles. The Labute approximate surface area is 214 Å². The van der Waals surface area contributed by atoms with Crippen LogP contribution < -0.4 is 18.9 Å². The van der Waals surface area contributed by atoms with Gasteiger partial charge in [0.15, 0.2) is 11.2 Å². The van der Waals surface area contributed by atoms with Crippen molar-refractivity contribution in [1.82, 2.24) is 0 Å². The van der Waals surface area contributed by atoms with E-state index >= 15 is 0 Å². The maximum atomic E-state index is 13.4. The first-order valence-corrected chi connectivity index (χ1v) is 11.7. The molecule has 0 saturated heterocycles. The third kappa shape index (κ3) is 3.22. The van der Waals surface area contributed by atoms with E-state index in [-0.39, 0.29) is 11.3 Å². The van der Waals surface area contributed by atoms with Crippen molar-refractivity contribution >= 4 is 5.97 Å². The number of carbonyl (C=O) groups is 1. The van der Waals surface area contributed by atoms with Gasteiger partial charge in [0.25, 0.3) is 0 Å². The van der Waals surface area contributed by atoms with Crippen LogP contribution >= 0.6 is 0 Å². The van der Waals surface area contributed by atoms with Crippen LogP contribution in [0.25, 0.3) is 0 Å². The number of aliphatic hydroxyl groups is 1. The minimum atomic E-state index is -1.98. The van der Waals surface area contributed by atoms with Crippen LogP contribution in [0.3, 0.4) is 0 Å². The zero-order chi connectivity index (χ0) is 26.4. The second-order valence-electron chi connectivity index (χ2n) is 8.76. The lowest BCUT2D eigenvalue weighted by atomic mass is 9.69. The third-order valence-corrected chi connectivity index (χ3v) is 7.20. The van der Waals surface area contributed by atoms with E-state index in [0.717, 1.165) is 5.56 Å². The SMILES string of the molecule is COC(=O)C1=C(OC)[C@@]2(O)c3c(OC)cc(OC)cc3O[C@@]2(c2ccc(OC)cc2)[C@@H]1c1ccccc1. The minimum absolute atomic E-state index is 0.0197. The smallest absolute Gasteiger partial charge is 0.338 e. The highest BCUT2D eigenvalue weighted by molar-refractivity contribution is 5.94. The fraction of sp³-hybridized carbons (Fsp3) is 0.276. The molecule has 1 aliphatic heterocycles. The molecule has 0 radical (unpaired) electrons. The summed E-state index contributed by atoms with van der Waals surface area (Å²) in [4.78, 5) is 13.4. The molecule has 8 nitrogen and oxygen atoms in total. The normalized spacial score (nSPS) is 23.6. The molecule has 0 amide bonds. The van der Waals surface area contributed by atoms with Crippen molar-refractivity contribution in [2.45, 2.75) is 17.1 Å². The van der Waals surface area contributed by atoms with E-state index in [0.29, 0.717) is 34.1 Å². The number of fused-ring (bicyclic) bond motifs is 3. The van der Waals surface area contributed by atoms with E-state index in [1.807, 2.05) is 42.5 Å². The molecule has 0 aromatic heterocycles. The summed E-state index contributed by atoms with van der Waals surface area (Å²) in [5.41, 5.74) is -1.76. The summed E-state index contributed by atoms with van der Waals surface area (Å²) < 4.78 is 34.4. The van der Waals surface area contributed by atoms with Crippen LogP contribution in [0.15, 0.2) is 78.1 Å². The topological polar surface area (TPSA) is 92.7 Å². The zero-order valence-corrected chi connectivity index (χ0v) is 21.2. The van der Waals surface area contributed by atoms with Gasteiger partial charge in [0.2, 0.25) is 0 Å². The molecule has 192 valence electrons. The van der Waals surface area contributed by atoms with Crippen molar-refractivity contribution in [1.29, 1.82) is 0 Å². The Kier molecular flexibility index (Phi) is 6.00. The van der Waals surface area contributed by atoms with Gasteiger partial charge in [-0.1, -0.05) is 42.5 Å². The van der Waals surface area contributed by atoms with Crippen molar-refractivity contribution in [2.24, 2.45) is 0 Å². The van der Waals surface area contributed by atoms with Gasteiger partial charge in [-0.25, -0.2) is 4.79 Å². The average molecular weight is 505 g/mol. The summed E-state index contributed by atoms with van der Waals surface area (Å²) in [5.74, 6) is 0.328. The van der Waals surface area contributed by atoms with Gasteiger partial charge in [-0.15, -0.1) is 0 Å². The van der Waals surface area contributed by atoms with Crippen molar-refractivity contribution in [3.63, 3.8) is 0 Å². The number of ether oxygens (including phenoxy) is 6. The highest BCUT2D eigenvalue weighted by Gasteiger charge is 2.75. The zero-order valence-electron chi connectivity index (χ0n) is 21.2. The highest BCUT2D eigenvalue weighted by Crippen LogP contribution is 2.70. The minimum Gasteiger partial charge on any atom is -0.497 e. The first-order valence-electron chi connectivity index (χ1n) is 11.7. The molecule has 0 fully saturated rings. The highest BCUT2D eigenvalue weighted by atomic mass is 16.6. The molecule has 0 unspecified atom stereocenters. The van der Waals surface area contributed by atoms with Crippen LogP contribution in [-0.4, -0.2) is 46.6 Å². The Morgan fingerprint density at radius 1 is 0.838 bits per heavy atom. The summed E-state index contributed by atoms with van der Waals surface area (Å²) in [6.45, 7) is 0. The molecule has 0 bridgehead atoms. The van der Waals surface area contributed by atoms with Crippen LogP contribution in [0.5, 0.6) is 23.0 Å². The predicted octanol–water partition coefficient (Wildman–Crippen LogP) is 4.06. The predicted molar refractivity (Wildman–Crippen MR) is 134 cm³/mol. The maximum absolute atomic E-state index is 13.4. The molecule has 3 atom stereocenters. The molecule has 3 aromatic rings. The first-order chi connectivity index (χ1) is 17.9. The molecule has 37 heavy (non-hydrogen) atoms. The fourth-order valence-corrected chi connectivity index (χ4v) is 5.69. The van der Waals surface area contributed by atoms with Crippen LogP contribution in [0.1, 0.15) is 22.6 Å². The number of hydrogen-bond donors (Lipinski definition) is 1. The van der Waals surface area contributed by atoms with E-state index in [9.17, 15) is 9.90 Å².